The summed E-state index contributed by atoms with van der Waals surface area (Å²) in [5, 5.41) is 0.834. The van der Waals surface area contributed by atoms with E-state index in [1.165, 1.54) is 12.1 Å². The minimum Gasteiger partial charge on any atom is -0.369 e. The molecule has 4 rings (SSSR count). The zero-order chi connectivity index (χ0) is 21.3. The van der Waals surface area contributed by atoms with Crippen molar-refractivity contribution in [3.05, 3.63) is 59.4 Å². The zero-order valence-corrected chi connectivity index (χ0v) is 17.5. The summed E-state index contributed by atoms with van der Waals surface area (Å²) in [4.78, 5) is 30.7. The van der Waals surface area contributed by atoms with Crippen molar-refractivity contribution in [1.29, 1.82) is 0 Å². The lowest BCUT2D eigenvalue weighted by Crippen LogP contribution is -2.41. The number of nitrogens with zero attached hydrogens (tertiary/aromatic N) is 3. The fourth-order valence-electron chi connectivity index (χ4n) is 3.71. The maximum Gasteiger partial charge on any atom is 0.253 e. The maximum atomic E-state index is 13.1. The van der Waals surface area contributed by atoms with Gasteiger partial charge in [0.2, 0.25) is 5.91 Å². The lowest BCUT2D eigenvalue weighted by atomic mass is 9.96. The molecule has 30 heavy (non-hydrogen) atoms. The van der Waals surface area contributed by atoms with Crippen LogP contribution in [0.2, 0.25) is 0 Å². The van der Waals surface area contributed by atoms with Gasteiger partial charge in [-0.15, -0.1) is 0 Å². The molecule has 2 aromatic carbocycles. The van der Waals surface area contributed by atoms with Gasteiger partial charge in [-0.2, -0.15) is 0 Å². The van der Waals surface area contributed by atoms with Crippen molar-refractivity contribution in [2.75, 3.05) is 13.1 Å². The van der Waals surface area contributed by atoms with Crippen LogP contribution >= 0.6 is 11.8 Å². The van der Waals surface area contributed by atoms with Gasteiger partial charge in [-0.05, 0) is 48.7 Å². The predicted octanol–water partition coefficient (Wildman–Crippen LogP) is 3.34. The predicted molar refractivity (Wildman–Crippen MR) is 114 cm³/mol. The molecule has 3 aromatic rings. The molecule has 8 heteroatoms. The van der Waals surface area contributed by atoms with E-state index in [1.807, 2.05) is 23.7 Å². The van der Waals surface area contributed by atoms with Crippen molar-refractivity contribution in [1.82, 2.24) is 14.5 Å². The number of piperidine rings is 1. The molecular formula is C22H23FN4O2S. The molecule has 1 aliphatic heterocycles. The van der Waals surface area contributed by atoms with E-state index in [0.717, 1.165) is 21.8 Å². The SMILES string of the molecule is Cn1c(SCc2ccc(F)cc2)nc2ccc(C(=O)N3CCC(C(N)=O)CC3)cc21. The Morgan fingerprint density at radius 1 is 1.17 bits per heavy atom. The van der Waals surface area contributed by atoms with E-state index >= 15 is 0 Å². The number of likely N-dealkylation sites (tertiary alicyclic amines) is 1. The van der Waals surface area contributed by atoms with Crippen molar-refractivity contribution < 1.29 is 14.0 Å². The smallest absolute Gasteiger partial charge is 0.253 e. The van der Waals surface area contributed by atoms with Gasteiger partial charge < -0.3 is 15.2 Å². The van der Waals surface area contributed by atoms with Gasteiger partial charge in [-0.25, -0.2) is 9.37 Å². The quantitative estimate of drug-likeness (QED) is 0.635. The van der Waals surface area contributed by atoms with E-state index < -0.39 is 0 Å². The molecule has 2 N–H and O–H groups in total. The highest BCUT2D eigenvalue weighted by Gasteiger charge is 2.26. The minimum absolute atomic E-state index is 0.0402. The Morgan fingerprint density at radius 2 is 1.87 bits per heavy atom. The van der Waals surface area contributed by atoms with E-state index in [4.69, 9.17) is 5.73 Å². The summed E-state index contributed by atoms with van der Waals surface area (Å²) in [6.45, 7) is 1.07. The van der Waals surface area contributed by atoms with E-state index in [9.17, 15) is 14.0 Å². The molecule has 0 saturated carbocycles. The van der Waals surface area contributed by atoms with Crippen molar-refractivity contribution in [3.8, 4) is 0 Å². The number of fused-ring (bicyclic) bond motifs is 1. The molecule has 1 saturated heterocycles. The Labute approximate surface area is 178 Å². The van der Waals surface area contributed by atoms with E-state index in [2.05, 4.69) is 4.98 Å². The number of hydrogen-bond donors (Lipinski definition) is 1. The second-order valence-corrected chi connectivity index (χ2v) is 8.48. The Bertz CT molecular complexity index is 1090. The first-order valence-corrected chi connectivity index (χ1v) is 10.8. The summed E-state index contributed by atoms with van der Waals surface area (Å²) in [5.41, 5.74) is 8.71. The first-order chi connectivity index (χ1) is 14.4. The number of aryl methyl sites for hydroxylation is 1. The molecule has 1 aromatic heterocycles. The highest BCUT2D eigenvalue weighted by atomic mass is 32.2. The first kappa shape index (κ1) is 20.4. The molecule has 0 atom stereocenters. The number of carbonyl (C=O) groups is 2. The van der Waals surface area contributed by atoms with Crippen LogP contribution in [0.4, 0.5) is 4.39 Å². The average molecular weight is 427 g/mol. The summed E-state index contributed by atoms with van der Waals surface area (Å²) in [6.07, 6.45) is 1.22. The summed E-state index contributed by atoms with van der Waals surface area (Å²) in [5.74, 6) is -0.0414. The third-order valence-corrected chi connectivity index (χ3v) is 6.65. The number of amides is 2. The highest BCUT2D eigenvalue weighted by molar-refractivity contribution is 7.98. The van der Waals surface area contributed by atoms with E-state index in [1.54, 1.807) is 34.9 Å². The van der Waals surface area contributed by atoms with Crippen LogP contribution in [0.1, 0.15) is 28.8 Å². The third-order valence-electron chi connectivity index (χ3n) is 5.55. The number of primary amides is 1. The Morgan fingerprint density at radius 3 is 2.53 bits per heavy atom. The van der Waals surface area contributed by atoms with Gasteiger partial charge in [-0.3, -0.25) is 9.59 Å². The molecule has 6 nitrogen and oxygen atoms in total. The van der Waals surface area contributed by atoms with Crippen LogP contribution in [0.15, 0.2) is 47.6 Å². The number of thioether (sulfide) groups is 1. The lowest BCUT2D eigenvalue weighted by Gasteiger charge is -2.30. The minimum atomic E-state index is -0.288. The van der Waals surface area contributed by atoms with Gasteiger partial charge >= 0.3 is 0 Å². The third kappa shape index (κ3) is 4.18. The van der Waals surface area contributed by atoms with E-state index in [0.29, 0.717) is 37.2 Å². The second-order valence-electron chi connectivity index (χ2n) is 7.54. The number of aromatic nitrogens is 2. The number of hydrogen-bond acceptors (Lipinski definition) is 4. The van der Waals surface area contributed by atoms with Gasteiger partial charge in [0.15, 0.2) is 5.16 Å². The molecule has 2 heterocycles. The van der Waals surface area contributed by atoms with Gasteiger partial charge in [0.05, 0.1) is 11.0 Å². The standard InChI is InChI=1S/C22H23FN4O2S/c1-26-19-12-16(21(29)27-10-8-15(9-11-27)20(24)28)4-7-18(19)25-22(26)30-13-14-2-5-17(23)6-3-14/h2-7,12,15H,8-11,13H2,1H3,(H2,24,28). The number of nitrogens with two attached hydrogens (primary N) is 1. The molecule has 2 amide bonds. The number of carbonyl (C=O) groups excluding carboxylic acids is 2. The van der Waals surface area contributed by atoms with Gasteiger partial charge in [0.1, 0.15) is 5.82 Å². The maximum absolute atomic E-state index is 13.1. The van der Waals surface area contributed by atoms with Crippen molar-refractivity contribution in [2.45, 2.75) is 23.8 Å². The highest BCUT2D eigenvalue weighted by Crippen LogP contribution is 2.27. The Balaban J connectivity index is 1.48. The van der Waals surface area contributed by atoms with Crippen LogP contribution in [0, 0.1) is 11.7 Å². The molecule has 156 valence electrons. The number of imidazole rings is 1. The van der Waals surface area contributed by atoms with Gasteiger partial charge in [0.25, 0.3) is 5.91 Å². The first-order valence-electron chi connectivity index (χ1n) is 9.84. The molecule has 0 spiro atoms. The van der Waals surface area contributed by atoms with E-state index in [-0.39, 0.29) is 23.5 Å². The summed E-state index contributed by atoms with van der Waals surface area (Å²) >= 11 is 1.57. The number of rotatable bonds is 5. The molecule has 0 unspecified atom stereocenters. The second kappa shape index (κ2) is 8.47. The molecule has 1 fully saturated rings. The molecule has 0 aliphatic carbocycles. The zero-order valence-electron chi connectivity index (χ0n) is 16.7. The lowest BCUT2D eigenvalue weighted by molar-refractivity contribution is -0.123. The van der Waals surface area contributed by atoms with Gasteiger partial charge in [-0.1, -0.05) is 23.9 Å². The van der Waals surface area contributed by atoms with Crippen LogP contribution in [-0.4, -0.2) is 39.4 Å². The van der Waals surface area contributed by atoms with Crippen molar-refractivity contribution >= 4 is 34.6 Å². The van der Waals surface area contributed by atoms with Crippen LogP contribution in [0.25, 0.3) is 11.0 Å². The number of benzene rings is 2. The normalized spacial score (nSPS) is 14.9. The Hall–Kier alpha value is -2.87. The fourth-order valence-corrected chi connectivity index (χ4v) is 4.65. The fraction of sp³-hybridized carbons (Fsp3) is 0.318. The summed E-state index contributed by atoms with van der Waals surface area (Å²) in [6, 6.07) is 12.0. The van der Waals surface area contributed by atoms with Crippen molar-refractivity contribution in [3.63, 3.8) is 0 Å². The average Bonchev–Trinajstić information content (AvgIpc) is 3.08. The molecular weight excluding hydrogens is 403 g/mol. The van der Waals surface area contributed by atoms with Gasteiger partial charge in [0, 0.05) is 37.4 Å². The summed E-state index contributed by atoms with van der Waals surface area (Å²) < 4.78 is 15.0. The molecule has 0 radical (unpaired) electrons. The summed E-state index contributed by atoms with van der Waals surface area (Å²) in [7, 11) is 1.93. The Kier molecular flexibility index (Phi) is 5.76. The monoisotopic (exact) mass is 426 g/mol. The molecule has 0 bridgehead atoms. The number of halogens is 1. The largest absolute Gasteiger partial charge is 0.369 e. The van der Waals surface area contributed by atoms with Crippen LogP contribution < -0.4 is 5.73 Å². The van der Waals surface area contributed by atoms with Crippen LogP contribution in [0.3, 0.4) is 0 Å². The molecule has 1 aliphatic rings. The van der Waals surface area contributed by atoms with Crippen LogP contribution in [-0.2, 0) is 17.6 Å². The topological polar surface area (TPSA) is 81.2 Å². The van der Waals surface area contributed by atoms with Crippen molar-refractivity contribution in [2.24, 2.45) is 18.7 Å². The van der Waals surface area contributed by atoms with Crippen LogP contribution in [0.5, 0.6) is 0 Å².